The van der Waals surface area contributed by atoms with E-state index in [9.17, 15) is 24.3 Å². The van der Waals surface area contributed by atoms with Gasteiger partial charge in [-0.2, -0.15) is 0 Å². The molecule has 0 aromatic carbocycles. The van der Waals surface area contributed by atoms with Crippen LogP contribution in [0.4, 0.5) is 4.79 Å². The fourth-order valence-corrected chi connectivity index (χ4v) is 4.64. The molecular formula is C23H38N2O8. The van der Waals surface area contributed by atoms with Crippen LogP contribution in [0, 0.1) is 23.7 Å². The van der Waals surface area contributed by atoms with Crippen molar-refractivity contribution in [3.05, 3.63) is 12.8 Å². The summed E-state index contributed by atoms with van der Waals surface area (Å²) in [5.41, 5.74) is -2.38. The number of amides is 2. The molecule has 2 rings (SSSR count). The van der Waals surface area contributed by atoms with Crippen LogP contribution >= 0.6 is 0 Å². The Morgan fingerprint density at radius 2 is 1.91 bits per heavy atom. The molecule has 6 atom stereocenters. The summed E-state index contributed by atoms with van der Waals surface area (Å²) in [6.45, 7) is 13.9. The number of esters is 2. The third-order valence-electron chi connectivity index (χ3n) is 5.79. The lowest BCUT2D eigenvalue weighted by molar-refractivity contribution is -0.156. The lowest BCUT2D eigenvalue weighted by Crippen LogP contribution is -2.61. The summed E-state index contributed by atoms with van der Waals surface area (Å²) < 4.78 is 15.4. The molecule has 0 bridgehead atoms. The first-order valence-corrected chi connectivity index (χ1v) is 11.3. The second-order valence-electron chi connectivity index (χ2n) is 10.0. The average molecular weight is 471 g/mol. The minimum Gasteiger partial charge on any atom is -0.464 e. The Morgan fingerprint density at radius 3 is 2.42 bits per heavy atom. The molecule has 10 heteroatoms. The van der Waals surface area contributed by atoms with E-state index in [1.165, 1.54) is 0 Å². The van der Waals surface area contributed by atoms with Gasteiger partial charge < -0.3 is 30.0 Å². The summed E-state index contributed by atoms with van der Waals surface area (Å²) in [6, 6.07) is -1.00. The third-order valence-corrected chi connectivity index (χ3v) is 5.79. The van der Waals surface area contributed by atoms with Crippen molar-refractivity contribution in [3.8, 4) is 0 Å². The number of rotatable bonds is 9. The van der Waals surface area contributed by atoms with Gasteiger partial charge in [0.25, 0.3) is 0 Å². The van der Waals surface area contributed by atoms with Gasteiger partial charge in [0.1, 0.15) is 17.2 Å². The molecular weight excluding hydrogens is 432 g/mol. The highest BCUT2D eigenvalue weighted by molar-refractivity contribution is 5.94. The predicted octanol–water partition coefficient (Wildman–Crippen LogP) is 1.90. The lowest BCUT2D eigenvalue weighted by atomic mass is 9.88. The zero-order chi connectivity index (χ0) is 25.1. The van der Waals surface area contributed by atoms with Gasteiger partial charge in [-0.3, -0.25) is 9.59 Å². The average Bonchev–Trinajstić information content (AvgIpc) is 3.35. The highest BCUT2D eigenvalue weighted by Crippen LogP contribution is 2.63. The quantitative estimate of drug-likeness (QED) is 0.264. The summed E-state index contributed by atoms with van der Waals surface area (Å²) >= 11 is 0. The van der Waals surface area contributed by atoms with E-state index in [-0.39, 0.29) is 26.8 Å². The number of nitrogens with one attached hydrogen (secondary N) is 2. The topological polar surface area (TPSA) is 140 Å². The number of alkyl carbamates (subject to hydrolysis) is 1. The number of ether oxygens (including phenoxy) is 3. The Hall–Kier alpha value is -2.62. The van der Waals surface area contributed by atoms with Gasteiger partial charge in [0.05, 0.1) is 24.9 Å². The van der Waals surface area contributed by atoms with Crippen LogP contribution in [0.15, 0.2) is 12.8 Å². The van der Waals surface area contributed by atoms with Gasteiger partial charge in [0, 0.05) is 19.7 Å². The molecule has 2 saturated carbocycles. The second kappa shape index (κ2) is 10.1. The van der Waals surface area contributed by atoms with E-state index in [1.54, 1.807) is 27.7 Å². The van der Waals surface area contributed by atoms with Gasteiger partial charge in [-0.25, -0.2) is 9.59 Å². The Morgan fingerprint density at radius 1 is 1.27 bits per heavy atom. The maximum absolute atomic E-state index is 13.3. The van der Waals surface area contributed by atoms with Crippen LogP contribution in [-0.2, 0) is 28.6 Å². The molecule has 33 heavy (non-hydrogen) atoms. The molecule has 3 N–H and O–H groups in total. The maximum atomic E-state index is 13.3. The summed E-state index contributed by atoms with van der Waals surface area (Å²) in [6.07, 6.45) is -0.619. The maximum Gasteiger partial charge on any atom is 0.408 e. The van der Waals surface area contributed by atoms with Crippen LogP contribution in [0.1, 0.15) is 55.8 Å². The molecule has 2 amide bonds. The Bertz CT molecular complexity index is 796. The van der Waals surface area contributed by atoms with Crippen molar-refractivity contribution in [1.29, 1.82) is 0 Å². The van der Waals surface area contributed by atoms with Crippen molar-refractivity contribution >= 4 is 23.9 Å². The fourth-order valence-electron chi connectivity index (χ4n) is 4.64. The van der Waals surface area contributed by atoms with Crippen LogP contribution in [-0.4, -0.2) is 58.9 Å². The van der Waals surface area contributed by atoms with Gasteiger partial charge in [-0.1, -0.05) is 20.4 Å². The molecule has 0 aromatic heterocycles. The van der Waals surface area contributed by atoms with Crippen LogP contribution in [0.3, 0.4) is 0 Å². The molecule has 0 heterocycles. The monoisotopic (exact) mass is 470 g/mol. The molecule has 10 nitrogen and oxygen atoms in total. The minimum absolute atomic E-state index is 0. The molecule has 2 aliphatic carbocycles. The van der Waals surface area contributed by atoms with Crippen LogP contribution < -0.4 is 10.6 Å². The summed E-state index contributed by atoms with van der Waals surface area (Å²) in [7, 11) is 0. The van der Waals surface area contributed by atoms with Crippen molar-refractivity contribution < 1.29 is 39.9 Å². The van der Waals surface area contributed by atoms with Gasteiger partial charge in [-0.15, -0.1) is 0 Å². The van der Waals surface area contributed by atoms with E-state index in [4.69, 9.17) is 14.2 Å². The van der Waals surface area contributed by atoms with E-state index < -0.39 is 65.0 Å². The number of hydrogen-bond acceptors (Lipinski definition) is 8. The number of carbonyl (C=O) groups excluding carboxylic acids is 4. The van der Waals surface area contributed by atoms with Crippen molar-refractivity contribution in [2.75, 3.05) is 6.61 Å². The van der Waals surface area contributed by atoms with Gasteiger partial charge >= 0.3 is 18.0 Å². The van der Waals surface area contributed by atoms with Gasteiger partial charge in [0.2, 0.25) is 5.91 Å². The van der Waals surface area contributed by atoms with E-state index in [1.807, 2.05) is 13.8 Å². The Kier molecular flexibility index (Phi) is 8.16. The van der Waals surface area contributed by atoms with Crippen LogP contribution in [0.2, 0.25) is 0 Å². The molecule has 2 aliphatic rings. The van der Waals surface area contributed by atoms with Crippen molar-refractivity contribution in [2.45, 2.75) is 77.7 Å². The highest BCUT2D eigenvalue weighted by atomic mass is 16.6. The first kappa shape index (κ1) is 26.6. The number of carbonyl (C=O) groups is 4. The largest absolute Gasteiger partial charge is 0.464 e. The fraction of sp³-hybridized carbons (Fsp3) is 0.739. The zero-order valence-electron chi connectivity index (χ0n) is 20.2. The van der Waals surface area contributed by atoms with Crippen LogP contribution in [0.25, 0.3) is 0 Å². The first-order valence-electron chi connectivity index (χ1n) is 11.3. The Balaban J connectivity index is 0.00000578. The standard InChI is InChI=1S/C23H36N2O8.H2/c1-8-31-19(28)16-15-14(26)11-23(17(15)16,20(29)32-9-2)25-18(27)13(10-12(3)4)24-21(30)33-22(5,6)7;/h8,12-17,26H,1,9-11H2,2-7H3,(H,24,30)(H,25,27);1H/t13-,14-,15-,16-,17-,23+;/m0./s1. The molecule has 0 saturated heterocycles. The van der Waals surface area contributed by atoms with Crippen LogP contribution in [0.5, 0.6) is 0 Å². The molecule has 188 valence electrons. The van der Waals surface area contributed by atoms with Crippen molar-refractivity contribution in [3.63, 3.8) is 0 Å². The van der Waals surface area contributed by atoms with Gasteiger partial charge in [-0.05, 0) is 40.0 Å². The predicted molar refractivity (Wildman–Crippen MR) is 120 cm³/mol. The molecule has 0 spiro atoms. The highest BCUT2D eigenvalue weighted by Gasteiger charge is 2.76. The van der Waals surface area contributed by atoms with E-state index in [0.717, 1.165) is 6.26 Å². The van der Waals surface area contributed by atoms with E-state index in [2.05, 4.69) is 17.2 Å². The number of aliphatic hydroxyl groups excluding tert-OH is 1. The summed E-state index contributed by atoms with van der Waals surface area (Å²) in [5, 5.41) is 15.9. The van der Waals surface area contributed by atoms with Crippen molar-refractivity contribution in [2.24, 2.45) is 23.7 Å². The third kappa shape index (κ3) is 6.04. The molecule has 2 fully saturated rings. The number of fused-ring (bicyclic) bond motifs is 1. The van der Waals surface area contributed by atoms with E-state index >= 15 is 0 Å². The molecule has 0 unspecified atom stereocenters. The van der Waals surface area contributed by atoms with E-state index in [0.29, 0.717) is 0 Å². The summed E-state index contributed by atoms with van der Waals surface area (Å²) in [5.74, 6) is -3.98. The van der Waals surface area contributed by atoms with Gasteiger partial charge in [0.15, 0.2) is 0 Å². The number of hydrogen-bond donors (Lipinski definition) is 3. The summed E-state index contributed by atoms with van der Waals surface area (Å²) in [4.78, 5) is 51.0. The second-order valence-corrected chi connectivity index (χ2v) is 10.0. The molecule has 0 aliphatic heterocycles. The molecule has 0 radical (unpaired) electrons. The lowest BCUT2D eigenvalue weighted by Gasteiger charge is -2.33. The molecule has 0 aromatic rings. The zero-order valence-corrected chi connectivity index (χ0v) is 20.2. The van der Waals surface area contributed by atoms with Crippen molar-refractivity contribution in [1.82, 2.24) is 10.6 Å². The normalized spacial score (nSPS) is 28.8. The SMILES string of the molecule is C=COC(=O)[C@H]1[C@H]2[C@@H]1[C@@](NC(=O)[C@H](CC(C)C)NC(=O)OC(C)(C)C)(C(=O)OCC)C[C@@H]2O.[HH]. The minimum atomic E-state index is -1.62. The Labute approximate surface area is 195 Å². The first-order chi connectivity index (χ1) is 15.3. The number of aliphatic hydroxyl groups is 1. The smallest absolute Gasteiger partial charge is 0.408 e.